The first kappa shape index (κ1) is 16.2. The van der Waals surface area contributed by atoms with Crippen molar-refractivity contribution >= 4 is 21.7 Å². The summed E-state index contributed by atoms with van der Waals surface area (Å²) in [7, 11) is -4.64. The third-order valence-corrected chi connectivity index (χ3v) is 3.28. The van der Waals surface area contributed by atoms with Gasteiger partial charge in [0, 0.05) is 0 Å². The Hall–Kier alpha value is -1.90. The molecule has 20 heavy (non-hydrogen) atoms. The number of esters is 1. The minimum Gasteiger partial charge on any atom is -0.461 e. The second-order valence-corrected chi connectivity index (χ2v) is 5.05. The lowest BCUT2D eigenvalue weighted by Gasteiger charge is -2.09. The number of halogens is 3. The van der Waals surface area contributed by atoms with Gasteiger partial charge in [-0.2, -0.15) is 21.6 Å². The maximum absolute atomic E-state index is 12.6. The Morgan fingerprint density at radius 2 is 1.80 bits per heavy atom. The molecule has 0 saturated carbocycles. The molecule has 0 fully saturated rings. The van der Waals surface area contributed by atoms with Gasteiger partial charge in [-0.3, -0.25) is 0 Å². The van der Waals surface area contributed by atoms with E-state index in [1.54, 1.807) is 0 Å². The molecule has 0 spiro atoms. The summed E-state index contributed by atoms with van der Waals surface area (Å²) < 4.78 is 68.1. The van der Waals surface area contributed by atoms with Crippen LogP contribution in [-0.2, 0) is 19.6 Å². The molecule has 0 radical (unpaired) electrons. The van der Waals surface area contributed by atoms with Gasteiger partial charge in [0.15, 0.2) is 0 Å². The van der Waals surface area contributed by atoms with Crippen molar-refractivity contribution in [2.24, 2.45) is 4.40 Å². The van der Waals surface area contributed by atoms with E-state index >= 15 is 0 Å². The van der Waals surface area contributed by atoms with Gasteiger partial charge in [0.05, 0.1) is 11.5 Å². The molecular formula is C11H10F3NO4S. The van der Waals surface area contributed by atoms with Crippen LogP contribution in [0.3, 0.4) is 0 Å². The highest BCUT2D eigenvalue weighted by Gasteiger charge is 2.43. The topological polar surface area (TPSA) is 72.8 Å². The van der Waals surface area contributed by atoms with E-state index in [0.29, 0.717) is 0 Å². The normalized spacial score (nSPS) is 13.1. The standard InChI is InChI=1S/C11H10F3NO4S/c1-2-19-10(16)9(11(12,13)14)15-20(17,18)8-6-4-3-5-7-8/h3-7H,2H2,1H3. The predicted molar refractivity (Wildman–Crippen MR) is 63.8 cm³/mol. The Kier molecular flexibility index (Phi) is 4.88. The number of benzene rings is 1. The molecule has 1 aromatic carbocycles. The van der Waals surface area contributed by atoms with E-state index in [-0.39, 0.29) is 6.61 Å². The van der Waals surface area contributed by atoms with Crippen LogP contribution in [0.4, 0.5) is 13.2 Å². The molecule has 0 aliphatic rings. The highest BCUT2D eigenvalue weighted by molar-refractivity contribution is 7.90. The third kappa shape index (κ3) is 4.05. The second kappa shape index (κ2) is 6.04. The van der Waals surface area contributed by atoms with Gasteiger partial charge in [0.1, 0.15) is 0 Å². The van der Waals surface area contributed by atoms with Crippen LogP contribution in [-0.4, -0.2) is 32.9 Å². The first-order valence-electron chi connectivity index (χ1n) is 5.33. The molecule has 0 saturated heterocycles. The highest BCUT2D eigenvalue weighted by Crippen LogP contribution is 2.21. The zero-order valence-electron chi connectivity index (χ0n) is 10.2. The maximum atomic E-state index is 12.6. The molecule has 0 heterocycles. The summed E-state index contributed by atoms with van der Waals surface area (Å²) in [4.78, 5) is 10.7. The van der Waals surface area contributed by atoms with Crippen molar-refractivity contribution in [2.75, 3.05) is 6.61 Å². The average Bonchev–Trinajstić information content (AvgIpc) is 2.36. The molecule has 1 aromatic rings. The number of carbonyl (C=O) groups is 1. The summed E-state index contributed by atoms with van der Waals surface area (Å²) >= 11 is 0. The van der Waals surface area contributed by atoms with Crippen molar-refractivity contribution in [3.8, 4) is 0 Å². The Balaban J connectivity index is 3.31. The summed E-state index contributed by atoms with van der Waals surface area (Å²) in [5.74, 6) is -1.83. The van der Waals surface area contributed by atoms with Crippen molar-refractivity contribution in [3.63, 3.8) is 0 Å². The third-order valence-electron chi connectivity index (χ3n) is 1.99. The van der Waals surface area contributed by atoms with Crippen molar-refractivity contribution in [1.29, 1.82) is 0 Å². The molecule has 9 heteroatoms. The van der Waals surface area contributed by atoms with E-state index in [9.17, 15) is 26.4 Å². The van der Waals surface area contributed by atoms with E-state index in [1.807, 2.05) is 0 Å². The number of alkyl halides is 3. The van der Waals surface area contributed by atoms with Crippen LogP contribution in [0.1, 0.15) is 6.92 Å². The van der Waals surface area contributed by atoms with Gasteiger partial charge >= 0.3 is 12.1 Å². The van der Waals surface area contributed by atoms with Gasteiger partial charge in [-0.15, -0.1) is 4.40 Å². The maximum Gasteiger partial charge on any atom is 0.441 e. The molecule has 1 rings (SSSR count). The Morgan fingerprint density at radius 3 is 2.25 bits per heavy atom. The molecule has 0 aromatic heterocycles. The first-order valence-corrected chi connectivity index (χ1v) is 6.77. The van der Waals surface area contributed by atoms with Crippen molar-refractivity contribution in [3.05, 3.63) is 30.3 Å². The Bertz CT molecular complexity index is 608. The largest absolute Gasteiger partial charge is 0.461 e. The van der Waals surface area contributed by atoms with Crippen molar-refractivity contribution in [2.45, 2.75) is 18.0 Å². The van der Waals surface area contributed by atoms with Gasteiger partial charge in [-0.25, -0.2) is 4.79 Å². The quantitative estimate of drug-likeness (QED) is 0.629. The van der Waals surface area contributed by atoms with Gasteiger partial charge < -0.3 is 4.74 Å². The SMILES string of the molecule is CCOC(=O)C(=NS(=O)(=O)c1ccccc1)C(F)(F)F. The molecule has 0 N–H and O–H groups in total. The van der Waals surface area contributed by atoms with Crippen LogP contribution in [0.15, 0.2) is 39.6 Å². The molecule has 5 nitrogen and oxygen atoms in total. The van der Waals surface area contributed by atoms with Gasteiger partial charge in [-0.05, 0) is 19.1 Å². The monoisotopic (exact) mass is 309 g/mol. The zero-order valence-corrected chi connectivity index (χ0v) is 11.0. The summed E-state index contributed by atoms with van der Waals surface area (Å²) in [5.41, 5.74) is -2.11. The molecule has 0 unspecified atom stereocenters. The van der Waals surface area contributed by atoms with Gasteiger partial charge in [0.25, 0.3) is 10.0 Å². The highest BCUT2D eigenvalue weighted by atomic mass is 32.2. The molecule has 0 aliphatic carbocycles. The van der Waals surface area contributed by atoms with Crippen LogP contribution in [0.2, 0.25) is 0 Å². The lowest BCUT2D eigenvalue weighted by molar-refractivity contribution is -0.139. The molecule has 110 valence electrons. The number of ether oxygens (including phenoxy) is 1. The summed E-state index contributed by atoms with van der Waals surface area (Å²) in [6.45, 7) is 0.955. The lowest BCUT2D eigenvalue weighted by atomic mass is 10.4. The number of nitrogens with zero attached hydrogens (tertiary/aromatic N) is 1. The van der Waals surface area contributed by atoms with Crippen LogP contribution in [0.25, 0.3) is 0 Å². The summed E-state index contributed by atoms with van der Waals surface area (Å²) in [6.07, 6.45) is -5.23. The summed E-state index contributed by atoms with van der Waals surface area (Å²) in [6, 6.07) is 6.26. The minimum atomic E-state index is -5.23. The minimum absolute atomic E-state index is 0.334. The fourth-order valence-corrected chi connectivity index (χ4v) is 2.19. The fourth-order valence-electron chi connectivity index (χ4n) is 1.17. The number of hydrogen-bond donors (Lipinski definition) is 0. The van der Waals surface area contributed by atoms with Crippen LogP contribution >= 0.6 is 0 Å². The molecule has 0 amide bonds. The number of hydrogen-bond acceptors (Lipinski definition) is 4. The van der Waals surface area contributed by atoms with Crippen molar-refractivity contribution < 1.29 is 31.1 Å². The molecule has 0 bridgehead atoms. The van der Waals surface area contributed by atoms with E-state index in [4.69, 9.17) is 0 Å². The van der Waals surface area contributed by atoms with Crippen LogP contribution in [0, 0.1) is 0 Å². The smallest absolute Gasteiger partial charge is 0.441 e. The second-order valence-electron chi connectivity index (χ2n) is 3.45. The Morgan fingerprint density at radius 1 is 1.25 bits per heavy atom. The van der Waals surface area contributed by atoms with Gasteiger partial charge in [0.2, 0.25) is 5.71 Å². The zero-order chi connectivity index (χ0) is 15.4. The van der Waals surface area contributed by atoms with E-state index < -0.39 is 32.8 Å². The number of carbonyl (C=O) groups excluding carboxylic acids is 1. The molecule has 0 atom stereocenters. The predicted octanol–water partition coefficient (Wildman–Crippen LogP) is 1.94. The van der Waals surface area contributed by atoms with E-state index in [0.717, 1.165) is 12.1 Å². The number of rotatable bonds is 4. The number of sulfonamides is 1. The first-order chi connectivity index (χ1) is 9.18. The lowest BCUT2D eigenvalue weighted by Crippen LogP contribution is -2.33. The van der Waals surface area contributed by atoms with E-state index in [1.165, 1.54) is 25.1 Å². The molecular weight excluding hydrogens is 299 g/mol. The average molecular weight is 309 g/mol. The van der Waals surface area contributed by atoms with Crippen LogP contribution < -0.4 is 0 Å². The fraction of sp³-hybridized carbons (Fsp3) is 0.273. The van der Waals surface area contributed by atoms with Crippen molar-refractivity contribution in [1.82, 2.24) is 0 Å². The Labute approximate surface area is 113 Å². The van der Waals surface area contributed by atoms with Crippen LogP contribution in [0.5, 0.6) is 0 Å². The van der Waals surface area contributed by atoms with E-state index in [2.05, 4.69) is 9.13 Å². The summed E-state index contributed by atoms with van der Waals surface area (Å²) in [5, 5.41) is 0. The molecule has 0 aliphatic heterocycles. The van der Waals surface area contributed by atoms with Gasteiger partial charge in [-0.1, -0.05) is 18.2 Å².